The van der Waals surface area contributed by atoms with E-state index in [0.29, 0.717) is 24.3 Å². The number of imide groups is 1. The number of fused-ring (bicyclic) bond motifs is 1. The van der Waals surface area contributed by atoms with Gasteiger partial charge in [0.15, 0.2) is 0 Å². The van der Waals surface area contributed by atoms with Gasteiger partial charge in [-0.15, -0.1) is 0 Å². The van der Waals surface area contributed by atoms with Gasteiger partial charge in [-0.2, -0.15) is 0 Å². The third-order valence-electron chi connectivity index (χ3n) is 3.66. The van der Waals surface area contributed by atoms with Crippen molar-refractivity contribution in [3.05, 3.63) is 83.4 Å². The molecule has 0 N–H and O–H groups in total. The molecule has 1 aliphatic rings. The molecule has 4 heteroatoms. The molecule has 4 nitrogen and oxygen atoms in total. The van der Waals surface area contributed by atoms with E-state index in [2.05, 4.69) is 0 Å². The Balaban J connectivity index is 1.48. The van der Waals surface area contributed by atoms with Crippen LogP contribution in [0.25, 0.3) is 0 Å². The van der Waals surface area contributed by atoms with Crippen LogP contribution in [-0.4, -0.2) is 29.9 Å². The zero-order chi connectivity index (χ0) is 16.1. The van der Waals surface area contributed by atoms with Gasteiger partial charge >= 0.3 is 0 Å². The molecule has 0 unspecified atom stereocenters. The van der Waals surface area contributed by atoms with Gasteiger partial charge in [0.05, 0.1) is 24.3 Å². The monoisotopic (exact) mass is 307 g/mol. The third-order valence-corrected chi connectivity index (χ3v) is 3.66. The first-order valence-electron chi connectivity index (χ1n) is 7.49. The van der Waals surface area contributed by atoms with E-state index in [1.807, 2.05) is 36.4 Å². The quantitative estimate of drug-likeness (QED) is 0.468. The Hall–Kier alpha value is -2.72. The summed E-state index contributed by atoms with van der Waals surface area (Å²) in [6.07, 6.45) is 3.61. The van der Waals surface area contributed by atoms with Crippen LogP contribution in [0.4, 0.5) is 0 Å². The van der Waals surface area contributed by atoms with Crippen LogP contribution in [0.15, 0.2) is 66.7 Å². The van der Waals surface area contributed by atoms with Crippen molar-refractivity contribution < 1.29 is 14.3 Å². The lowest BCUT2D eigenvalue weighted by atomic mass is 10.1. The topological polar surface area (TPSA) is 46.6 Å². The maximum Gasteiger partial charge on any atom is 0.261 e. The molecular weight excluding hydrogens is 290 g/mol. The van der Waals surface area contributed by atoms with E-state index in [0.717, 1.165) is 5.56 Å². The van der Waals surface area contributed by atoms with Crippen molar-refractivity contribution in [1.82, 2.24) is 4.90 Å². The van der Waals surface area contributed by atoms with Crippen molar-refractivity contribution in [1.29, 1.82) is 0 Å². The van der Waals surface area contributed by atoms with Gasteiger partial charge in [0.2, 0.25) is 0 Å². The zero-order valence-electron chi connectivity index (χ0n) is 12.6. The molecule has 2 amide bonds. The van der Waals surface area contributed by atoms with Crippen molar-refractivity contribution in [3.63, 3.8) is 0 Å². The lowest BCUT2D eigenvalue weighted by molar-refractivity contribution is 0.0671. The van der Waals surface area contributed by atoms with E-state index in [1.54, 1.807) is 30.3 Å². The fraction of sp³-hybridized carbons (Fsp3) is 0.158. The van der Waals surface area contributed by atoms with Crippen LogP contribution in [0.5, 0.6) is 0 Å². The second-order valence-corrected chi connectivity index (χ2v) is 5.24. The minimum Gasteiger partial charge on any atom is -0.373 e. The summed E-state index contributed by atoms with van der Waals surface area (Å²) in [7, 11) is 0. The Kier molecular flexibility index (Phi) is 4.64. The molecule has 0 bridgehead atoms. The van der Waals surface area contributed by atoms with Gasteiger partial charge in [-0.05, 0) is 17.7 Å². The van der Waals surface area contributed by atoms with Gasteiger partial charge in [-0.3, -0.25) is 14.5 Å². The second-order valence-electron chi connectivity index (χ2n) is 5.24. The number of benzene rings is 2. The normalized spacial score (nSPS) is 13.8. The Morgan fingerprint density at radius 2 is 1.43 bits per heavy atom. The molecule has 1 aliphatic heterocycles. The summed E-state index contributed by atoms with van der Waals surface area (Å²) in [5.41, 5.74) is 2.07. The van der Waals surface area contributed by atoms with Gasteiger partial charge in [0, 0.05) is 6.54 Å². The molecule has 0 radical (unpaired) electrons. The SMILES string of the molecule is O=C1c2ccccc2C(=O)N1C/C=C/COCc1ccccc1. The van der Waals surface area contributed by atoms with Crippen LogP contribution < -0.4 is 0 Å². The zero-order valence-corrected chi connectivity index (χ0v) is 12.6. The van der Waals surface area contributed by atoms with Crippen molar-refractivity contribution in [2.24, 2.45) is 0 Å². The molecule has 2 aromatic carbocycles. The van der Waals surface area contributed by atoms with E-state index >= 15 is 0 Å². The van der Waals surface area contributed by atoms with Gasteiger partial charge in [0.25, 0.3) is 11.8 Å². The Morgan fingerprint density at radius 1 is 0.826 bits per heavy atom. The highest BCUT2D eigenvalue weighted by molar-refractivity contribution is 6.21. The number of carbonyl (C=O) groups excluding carboxylic acids is 2. The molecule has 0 atom stereocenters. The van der Waals surface area contributed by atoms with Gasteiger partial charge < -0.3 is 4.74 Å². The van der Waals surface area contributed by atoms with Gasteiger partial charge in [-0.25, -0.2) is 0 Å². The molecule has 23 heavy (non-hydrogen) atoms. The Bertz CT molecular complexity index is 702. The molecule has 0 saturated carbocycles. The summed E-state index contributed by atoms with van der Waals surface area (Å²) in [6.45, 7) is 1.25. The number of nitrogens with zero attached hydrogens (tertiary/aromatic N) is 1. The molecule has 0 aliphatic carbocycles. The predicted molar refractivity (Wildman–Crippen MR) is 87.0 cm³/mol. The van der Waals surface area contributed by atoms with Crippen LogP contribution >= 0.6 is 0 Å². The Labute approximate surface area is 135 Å². The number of hydrogen-bond acceptors (Lipinski definition) is 3. The molecule has 2 aromatic rings. The van der Waals surface area contributed by atoms with Gasteiger partial charge in [-0.1, -0.05) is 54.6 Å². The average Bonchev–Trinajstić information content (AvgIpc) is 2.84. The molecule has 3 rings (SSSR count). The van der Waals surface area contributed by atoms with Crippen LogP contribution in [0.3, 0.4) is 0 Å². The summed E-state index contributed by atoms with van der Waals surface area (Å²) < 4.78 is 5.52. The summed E-state index contributed by atoms with van der Waals surface area (Å²) in [5.74, 6) is -0.471. The highest BCUT2D eigenvalue weighted by atomic mass is 16.5. The summed E-state index contributed by atoms with van der Waals surface area (Å²) in [4.78, 5) is 25.6. The first kappa shape index (κ1) is 15.2. The van der Waals surface area contributed by atoms with Crippen molar-refractivity contribution in [2.75, 3.05) is 13.2 Å². The van der Waals surface area contributed by atoms with E-state index in [9.17, 15) is 9.59 Å². The minimum atomic E-state index is -0.236. The first-order valence-corrected chi connectivity index (χ1v) is 7.49. The maximum absolute atomic E-state index is 12.2. The van der Waals surface area contributed by atoms with Crippen LogP contribution in [0, 0.1) is 0 Å². The lowest BCUT2D eigenvalue weighted by Gasteiger charge is -2.10. The fourth-order valence-electron chi connectivity index (χ4n) is 2.47. The highest BCUT2D eigenvalue weighted by Gasteiger charge is 2.33. The van der Waals surface area contributed by atoms with E-state index in [-0.39, 0.29) is 18.4 Å². The maximum atomic E-state index is 12.2. The van der Waals surface area contributed by atoms with E-state index < -0.39 is 0 Å². The number of ether oxygens (including phenoxy) is 1. The number of amides is 2. The first-order chi connectivity index (χ1) is 11.3. The summed E-state index contributed by atoms with van der Waals surface area (Å²) in [6, 6.07) is 16.8. The van der Waals surface area contributed by atoms with E-state index in [1.165, 1.54) is 4.90 Å². The Morgan fingerprint density at radius 3 is 2.09 bits per heavy atom. The molecule has 0 spiro atoms. The number of carbonyl (C=O) groups is 2. The largest absolute Gasteiger partial charge is 0.373 e. The standard InChI is InChI=1S/C19H17NO3/c21-18-16-10-4-5-11-17(16)19(22)20(18)12-6-7-13-23-14-15-8-2-1-3-9-15/h1-11H,12-14H2/b7-6+. The summed E-state index contributed by atoms with van der Waals surface area (Å²) >= 11 is 0. The van der Waals surface area contributed by atoms with Crippen LogP contribution in [-0.2, 0) is 11.3 Å². The molecule has 1 heterocycles. The smallest absolute Gasteiger partial charge is 0.261 e. The molecule has 0 aromatic heterocycles. The number of rotatable bonds is 6. The van der Waals surface area contributed by atoms with Crippen molar-refractivity contribution in [2.45, 2.75) is 6.61 Å². The third kappa shape index (κ3) is 3.38. The van der Waals surface area contributed by atoms with Gasteiger partial charge in [0.1, 0.15) is 0 Å². The molecule has 0 saturated heterocycles. The second kappa shape index (κ2) is 7.03. The number of hydrogen-bond donors (Lipinski definition) is 0. The average molecular weight is 307 g/mol. The van der Waals surface area contributed by atoms with Crippen LogP contribution in [0.2, 0.25) is 0 Å². The summed E-state index contributed by atoms with van der Waals surface area (Å²) in [5, 5.41) is 0. The predicted octanol–water partition coefficient (Wildman–Crippen LogP) is 3.06. The molecule has 0 fully saturated rings. The van der Waals surface area contributed by atoms with E-state index in [4.69, 9.17) is 4.74 Å². The molecular formula is C19H17NO3. The minimum absolute atomic E-state index is 0.236. The highest BCUT2D eigenvalue weighted by Crippen LogP contribution is 2.21. The lowest BCUT2D eigenvalue weighted by Crippen LogP contribution is -2.29. The van der Waals surface area contributed by atoms with Crippen molar-refractivity contribution in [3.8, 4) is 0 Å². The fourth-order valence-corrected chi connectivity index (χ4v) is 2.47. The van der Waals surface area contributed by atoms with Crippen molar-refractivity contribution >= 4 is 11.8 Å². The molecule has 116 valence electrons. The van der Waals surface area contributed by atoms with Crippen LogP contribution in [0.1, 0.15) is 26.3 Å².